The largest absolute Gasteiger partial charge is 0.299 e. The molecule has 1 nitrogen and oxygen atoms in total. The summed E-state index contributed by atoms with van der Waals surface area (Å²) < 4.78 is 0. The van der Waals surface area contributed by atoms with Crippen LogP contribution in [0.1, 0.15) is 50.2 Å². The molecule has 0 amide bonds. The summed E-state index contributed by atoms with van der Waals surface area (Å²) in [7, 11) is 0. The topological polar surface area (TPSA) is 17.1 Å². The summed E-state index contributed by atoms with van der Waals surface area (Å²) in [6.07, 6.45) is 4.05. The molecule has 0 spiro atoms. The van der Waals surface area contributed by atoms with Crippen molar-refractivity contribution in [1.82, 2.24) is 0 Å². The van der Waals surface area contributed by atoms with Crippen molar-refractivity contribution >= 4 is 5.78 Å². The quantitative estimate of drug-likeness (QED) is 0.736. The van der Waals surface area contributed by atoms with E-state index in [-0.39, 0.29) is 5.92 Å². The molecule has 1 saturated carbocycles. The number of benzene rings is 1. The van der Waals surface area contributed by atoms with Gasteiger partial charge in [-0.15, -0.1) is 0 Å². The second-order valence-corrected chi connectivity index (χ2v) is 5.00. The molecule has 1 aliphatic rings. The average Bonchev–Trinajstić information content (AvgIpc) is 2.29. The van der Waals surface area contributed by atoms with Crippen molar-refractivity contribution in [2.45, 2.75) is 45.4 Å². The Bertz CT molecular complexity index is 364. The van der Waals surface area contributed by atoms with Crippen LogP contribution in [-0.4, -0.2) is 5.78 Å². The van der Waals surface area contributed by atoms with Gasteiger partial charge in [-0.1, -0.05) is 38.1 Å². The number of ketones is 1. The van der Waals surface area contributed by atoms with Gasteiger partial charge in [0.15, 0.2) is 0 Å². The SMILES string of the molecule is CCc1ccc([C@@H]2CC[C@@H](C)CC2=O)cc1. The highest BCUT2D eigenvalue weighted by atomic mass is 16.1. The summed E-state index contributed by atoms with van der Waals surface area (Å²) >= 11 is 0. The maximum absolute atomic E-state index is 12.0. The monoisotopic (exact) mass is 216 g/mol. The van der Waals surface area contributed by atoms with E-state index < -0.39 is 0 Å². The van der Waals surface area contributed by atoms with Crippen LogP contribution in [0.4, 0.5) is 0 Å². The highest BCUT2D eigenvalue weighted by molar-refractivity contribution is 5.86. The molecule has 1 aromatic rings. The number of rotatable bonds is 2. The molecule has 0 heterocycles. The molecule has 1 fully saturated rings. The molecule has 2 atom stereocenters. The normalized spacial score (nSPS) is 25.8. The highest BCUT2D eigenvalue weighted by Crippen LogP contribution is 2.32. The van der Waals surface area contributed by atoms with Gasteiger partial charge in [0.2, 0.25) is 0 Å². The van der Waals surface area contributed by atoms with Crippen LogP contribution in [0.25, 0.3) is 0 Å². The molecule has 16 heavy (non-hydrogen) atoms. The first-order valence-electron chi connectivity index (χ1n) is 6.32. The molecule has 0 unspecified atom stereocenters. The molecule has 0 bridgehead atoms. The fraction of sp³-hybridized carbons (Fsp3) is 0.533. The van der Waals surface area contributed by atoms with E-state index in [1.54, 1.807) is 0 Å². The van der Waals surface area contributed by atoms with Crippen molar-refractivity contribution in [3.8, 4) is 0 Å². The number of Topliss-reactive ketones (excluding diaryl/α,β-unsaturated/α-hetero) is 1. The van der Waals surface area contributed by atoms with E-state index >= 15 is 0 Å². The summed E-state index contributed by atoms with van der Waals surface area (Å²) in [6, 6.07) is 8.58. The predicted molar refractivity (Wildman–Crippen MR) is 66.6 cm³/mol. The van der Waals surface area contributed by atoms with Gasteiger partial charge in [0.05, 0.1) is 0 Å². The van der Waals surface area contributed by atoms with Crippen molar-refractivity contribution < 1.29 is 4.79 Å². The van der Waals surface area contributed by atoms with Gasteiger partial charge in [-0.2, -0.15) is 0 Å². The van der Waals surface area contributed by atoms with E-state index in [9.17, 15) is 4.79 Å². The van der Waals surface area contributed by atoms with E-state index in [1.807, 2.05) is 0 Å². The molecule has 2 rings (SSSR count). The van der Waals surface area contributed by atoms with Crippen molar-refractivity contribution in [3.63, 3.8) is 0 Å². The van der Waals surface area contributed by atoms with Crippen molar-refractivity contribution in [2.75, 3.05) is 0 Å². The zero-order valence-electron chi connectivity index (χ0n) is 10.2. The lowest BCUT2D eigenvalue weighted by molar-refractivity contribution is -0.123. The molecule has 0 saturated heterocycles. The number of aryl methyl sites for hydroxylation is 1. The Morgan fingerprint density at radius 1 is 1.19 bits per heavy atom. The first-order valence-corrected chi connectivity index (χ1v) is 6.32. The summed E-state index contributed by atoms with van der Waals surface area (Å²) in [6.45, 7) is 4.33. The van der Waals surface area contributed by atoms with E-state index in [1.165, 1.54) is 17.5 Å². The number of carbonyl (C=O) groups is 1. The van der Waals surface area contributed by atoms with Gasteiger partial charge in [0, 0.05) is 12.3 Å². The van der Waals surface area contributed by atoms with Gasteiger partial charge in [0.25, 0.3) is 0 Å². The molecular weight excluding hydrogens is 196 g/mol. The second kappa shape index (κ2) is 4.82. The van der Waals surface area contributed by atoms with Crippen LogP contribution in [0.2, 0.25) is 0 Å². The molecule has 0 aromatic heterocycles. The summed E-state index contributed by atoms with van der Waals surface area (Å²) in [5.41, 5.74) is 2.56. The maximum Gasteiger partial charge on any atom is 0.140 e. The molecule has 0 radical (unpaired) electrons. The highest BCUT2D eigenvalue weighted by Gasteiger charge is 2.27. The second-order valence-electron chi connectivity index (χ2n) is 5.00. The lowest BCUT2D eigenvalue weighted by Gasteiger charge is -2.25. The molecule has 86 valence electrons. The number of carbonyl (C=O) groups excluding carboxylic acids is 1. The van der Waals surface area contributed by atoms with Crippen LogP contribution >= 0.6 is 0 Å². The van der Waals surface area contributed by atoms with E-state index in [0.29, 0.717) is 11.7 Å². The van der Waals surface area contributed by atoms with Gasteiger partial charge >= 0.3 is 0 Å². The number of hydrogen-bond acceptors (Lipinski definition) is 1. The summed E-state index contributed by atoms with van der Waals surface area (Å²) in [4.78, 5) is 12.0. The third-order valence-corrected chi connectivity index (χ3v) is 3.68. The average molecular weight is 216 g/mol. The Balaban J connectivity index is 2.14. The van der Waals surface area contributed by atoms with Crippen molar-refractivity contribution in [1.29, 1.82) is 0 Å². The zero-order valence-corrected chi connectivity index (χ0v) is 10.2. The third kappa shape index (κ3) is 2.34. The lowest BCUT2D eigenvalue weighted by Crippen LogP contribution is -2.21. The van der Waals surface area contributed by atoms with Crippen molar-refractivity contribution in [3.05, 3.63) is 35.4 Å². The molecule has 1 heteroatoms. The third-order valence-electron chi connectivity index (χ3n) is 3.68. The Morgan fingerprint density at radius 2 is 1.88 bits per heavy atom. The fourth-order valence-corrected chi connectivity index (χ4v) is 2.54. The van der Waals surface area contributed by atoms with E-state index in [4.69, 9.17) is 0 Å². The van der Waals surface area contributed by atoms with Crippen LogP contribution in [0, 0.1) is 5.92 Å². The molecule has 1 aliphatic carbocycles. The van der Waals surface area contributed by atoms with Gasteiger partial charge in [0.1, 0.15) is 5.78 Å². The Labute approximate surface area is 97.9 Å². The first kappa shape index (κ1) is 11.4. The maximum atomic E-state index is 12.0. The standard InChI is InChI=1S/C15H20O/c1-3-12-5-7-13(8-6-12)14-9-4-11(2)10-15(14)16/h5-8,11,14H,3-4,9-10H2,1-2H3/t11-,14+/m1/s1. The van der Waals surface area contributed by atoms with Gasteiger partial charge in [-0.05, 0) is 36.3 Å². The fourth-order valence-electron chi connectivity index (χ4n) is 2.54. The van der Waals surface area contributed by atoms with E-state index in [2.05, 4.69) is 38.1 Å². The molecule has 1 aromatic carbocycles. The minimum absolute atomic E-state index is 0.169. The van der Waals surface area contributed by atoms with Gasteiger partial charge in [-0.3, -0.25) is 4.79 Å². The number of hydrogen-bond donors (Lipinski definition) is 0. The van der Waals surface area contributed by atoms with Gasteiger partial charge in [-0.25, -0.2) is 0 Å². The van der Waals surface area contributed by atoms with Crippen LogP contribution in [0.3, 0.4) is 0 Å². The van der Waals surface area contributed by atoms with Crippen LogP contribution in [0.15, 0.2) is 24.3 Å². The lowest BCUT2D eigenvalue weighted by atomic mass is 9.78. The summed E-state index contributed by atoms with van der Waals surface area (Å²) in [5, 5.41) is 0. The Morgan fingerprint density at radius 3 is 2.44 bits per heavy atom. The first-order chi connectivity index (χ1) is 7.70. The molecular formula is C15H20O. The Hall–Kier alpha value is -1.11. The van der Waals surface area contributed by atoms with Gasteiger partial charge < -0.3 is 0 Å². The smallest absolute Gasteiger partial charge is 0.140 e. The van der Waals surface area contributed by atoms with Crippen LogP contribution in [-0.2, 0) is 11.2 Å². The van der Waals surface area contributed by atoms with E-state index in [0.717, 1.165) is 19.3 Å². The molecule has 0 N–H and O–H groups in total. The van der Waals surface area contributed by atoms with Crippen LogP contribution < -0.4 is 0 Å². The molecule has 0 aliphatic heterocycles. The minimum Gasteiger partial charge on any atom is -0.299 e. The zero-order chi connectivity index (χ0) is 11.5. The predicted octanol–water partition coefficient (Wildman–Crippen LogP) is 3.72. The summed E-state index contributed by atoms with van der Waals surface area (Å²) in [5.74, 6) is 1.18. The Kier molecular flexibility index (Phi) is 3.42. The van der Waals surface area contributed by atoms with Crippen molar-refractivity contribution in [2.24, 2.45) is 5.92 Å². The van der Waals surface area contributed by atoms with Crippen LogP contribution in [0.5, 0.6) is 0 Å². The minimum atomic E-state index is 0.169.